The van der Waals surface area contributed by atoms with Gasteiger partial charge in [-0.25, -0.2) is 0 Å². The van der Waals surface area contributed by atoms with Gasteiger partial charge in [0.25, 0.3) is 0 Å². The number of hydrogen-bond acceptors (Lipinski definition) is 1. The van der Waals surface area contributed by atoms with Crippen LogP contribution < -0.4 is 0 Å². The van der Waals surface area contributed by atoms with E-state index in [9.17, 15) is 9.60 Å². The number of fused-ring (bicyclic) bond motifs is 7. The zero-order chi connectivity index (χ0) is 50.1. The Morgan fingerprint density at radius 2 is 0.884 bits per heavy atom. The summed E-state index contributed by atoms with van der Waals surface area (Å²) in [5, 5.41) is -3.58. The molecule has 0 fully saturated rings. The summed E-state index contributed by atoms with van der Waals surface area (Å²) in [6, 6.07) is -20.1. The highest BCUT2D eigenvalue weighted by Crippen LogP contribution is 2.44. The first-order valence-electron chi connectivity index (χ1n) is 25.2. The molecule has 43 heavy (non-hydrogen) atoms. The molecule has 0 atom stereocenters. The van der Waals surface area contributed by atoms with E-state index in [1.165, 1.54) is 0 Å². The van der Waals surface area contributed by atoms with Gasteiger partial charge in [-0.05, 0) is 78.5 Å². The molecule has 0 radical (unpaired) electrons. The Labute approximate surface area is 284 Å². The fourth-order valence-electron chi connectivity index (χ4n) is 5.18. The van der Waals surface area contributed by atoms with E-state index in [2.05, 4.69) is 0 Å². The zero-order valence-corrected chi connectivity index (χ0v) is 21.5. The first kappa shape index (κ1) is 9.97. The molecule has 0 aliphatic heterocycles. The fraction of sp³-hybridized carbons (Fsp3) is 0. The summed E-state index contributed by atoms with van der Waals surface area (Å²) in [6.45, 7) is 0. The van der Waals surface area contributed by atoms with Crippen LogP contribution in [0.15, 0.2) is 162 Å². The van der Waals surface area contributed by atoms with Crippen LogP contribution in [0.1, 0.15) is 34.3 Å². The fourth-order valence-corrected chi connectivity index (χ4v) is 5.18. The molecular formula is C42H26O. The molecule has 9 rings (SSSR count). The number of benzene rings is 8. The highest BCUT2D eigenvalue weighted by atomic mass is 16.3. The molecule has 0 saturated carbocycles. The van der Waals surface area contributed by atoms with Crippen molar-refractivity contribution < 1.29 is 38.7 Å². The molecule has 0 N–H and O–H groups in total. The van der Waals surface area contributed by atoms with Crippen molar-refractivity contribution >= 4 is 54.3 Å². The van der Waals surface area contributed by atoms with Crippen LogP contribution in [0.3, 0.4) is 0 Å². The zero-order valence-electron chi connectivity index (χ0n) is 46.5. The molecular weight excluding hydrogens is 520 g/mol. The van der Waals surface area contributed by atoms with Crippen molar-refractivity contribution in [3.63, 3.8) is 0 Å². The van der Waals surface area contributed by atoms with E-state index in [1.54, 1.807) is 0 Å². The third-order valence-corrected chi connectivity index (χ3v) is 7.02. The Morgan fingerprint density at radius 1 is 0.372 bits per heavy atom. The molecule has 1 nitrogen and oxygen atoms in total. The van der Waals surface area contributed by atoms with Gasteiger partial charge in [0.15, 0.2) is 0 Å². The second-order valence-electron chi connectivity index (χ2n) is 9.34. The second kappa shape index (κ2) is 9.44. The molecule has 1 heteroatoms. The Hall–Kier alpha value is -5.66. The average Bonchev–Trinajstić information content (AvgIpc) is 3.69. The smallest absolute Gasteiger partial charge is 0.143 e. The maximum Gasteiger partial charge on any atom is 0.143 e. The molecule has 0 aliphatic rings. The van der Waals surface area contributed by atoms with Gasteiger partial charge in [0.05, 0.1) is 34.3 Å². The van der Waals surface area contributed by atoms with Crippen LogP contribution in [0.5, 0.6) is 0 Å². The van der Waals surface area contributed by atoms with Crippen LogP contribution in [-0.4, -0.2) is 0 Å². The monoisotopic (exact) mass is 571 g/mol. The summed E-state index contributed by atoms with van der Waals surface area (Å²) >= 11 is 0. The Balaban J connectivity index is 1.48. The lowest BCUT2D eigenvalue weighted by atomic mass is 9.86. The standard InChI is InChI=1S/C42H26O/c1-2-11-29(12-3-1)40-33-14-6-8-16-35(33)41(36-17-9-7-15-34(36)40)30-20-18-27(19-21-30)31-23-25-39-38(26-31)37-24-22-28-10-4-5-13-32(28)42(37)43-39/h1-26H/i1D,2D,3D,4D,5D,6D,7D,8D,9D,10D,11D,12D,13D,14D,15D,16D,17D,18D,19D,20D,21D,22D,23D,25D,26D. The molecule has 1 heterocycles. The highest BCUT2D eigenvalue weighted by Gasteiger charge is 2.17. The van der Waals surface area contributed by atoms with Crippen LogP contribution in [0.2, 0.25) is 0 Å². The molecule has 1 aromatic heterocycles. The Bertz CT molecular complexity index is 3770. The first-order chi connectivity index (χ1) is 31.7. The van der Waals surface area contributed by atoms with Gasteiger partial charge in [0.1, 0.15) is 11.2 Å². The predicted octanol–water partition coefficient (Wildman–Crippen LogP) is 12.0. The lowest BCUT2D eigenvalue weighted by Crippen LogP contribution is -1.90. The van der Waals surface area contributed by atoms with Crippen LogP contribution >= 0.6 is 0 Å². The molecule has 8 aromatic carbocycles. The summed E-state index contributed by atoms with van der Waals surface area (Å²) in [5.74, 6) is 0. The van der Waals surface area contributed by atoms with Crippen LogP contribution in [-0.2, 0) is 0 Å². The summed E-state index contributed by atoms with van der Waals surface area (Å²) in [7, 11) is 0. The SMILES string of the molecule is [2H]c1c([2H])c([2H])c(-c2c3c([2H])c([2H])c([2H])c([2H])c3c(-c3c([2H])c([2H])c(-c4c([2H])c([2H])c5oc6c(cc([2H])c7c([2H])c([2H])c([2H])c([2H])c76)c5c4[2H])c([2H])c3[2H])c3c([2H])c([2H])c([2H])c([2H])c23)c([2H])c1[2H]. The van der Waals surface area contributed by atoms with Crippen molar-refractivity contribution in [3.8, 4) is 33.4 Å². The largest absolute Gasteiger partial charge is 0.455 e. The molecule has 0 unspecified atom stereocenters. The minimum absolute atomic E-state index is 0.116. The van der Waals surface area contributed by atoms with E-state index in [4.69, 9.17) is 29.1 Å². The minimum atomic E-state index is -1.03. The van der Waals surface area contributed by atoms with E-state index in [0.717, 1.165) is 6.07 Å². The maximum atomic E-state index is 9.49. The number of furan rings is 1. The molecule has 200 valence electrons. The van der Waals surface area contributed by atoms with Gasteiger partial charge >= 0.3 is 0 Å². The summed E-state index contributed by atoms with van der Waals surface area (Å²) in [5.41, 5.74) is -4.97. The predicted molar refractivity (Wildman–Crippen MR) is 183 cm³/mol. The van der Waals surface area contributed by atoms with Gasteiger partial charge in [-0.15, -0.1) is 0 Å². The highest BCUT2D eigenvalue weighted by molar-refractivity contribution is 6.21. The van der Waals surface area contributed by atoms with Crippen molar-refractivity contribution in [2.75, 3.05) is 0 Å². The molecule has 0 aliphatic carbocycles. The van der Waals surface area contributed by atoms with E-state index >= 15 is 0 Å². The Kier molecular flexibility index (Phi) is 2.19. The summed E-state index contributed by atoms with van der Waals surface area (Å²) in [4.78, 5) is 0. The summed E-state index contributed by atoms with van der Waals surface area (Å²) in [6.07, 6.45) is 0. The summed E-state index contributed by atoms with van der Waals surface area (Å²) < 4.78 is 227. The normalized spacial score (nSPS) is 19.9. The van der Waals surface area contributed by atoms with Gasteiger partial charge < -0.3 is 4.42 Å². The van der Waals surface area contributed by atoms with Crippen LogP contribution in [0.25, 0.3) is 87.6 Å². The van der Waals surface area contributed by atoms with E-state index in [0.29, 0.717) is 0 Å². The second-order valence-corrected chi connectivity index (χ2v) is 9.34. The van der Waals surface area contributed by atoms with Crippen molar-refractivity contribution in [2.45, 2.75) is 0 Å². The van der Waals surface area contributed by atoms with Crippen molar-refractivity contribution in [1.82, 2.24) is 0 Å². The Morgan fingerprint density at radius 3 is 1.53 bits per heavy atom. The van der Waals surface area contributed by atoms with E-state index in [1.807, 2.05) is 0 Å². The lowest BCUT2D eigenvalue weighted by Gasteiger charge is -2.18. The third kappa shape index (κ3) is 3.72. The minimum Gasteiger partial charge on any atom is -0.455 e. The van der Waals surface area contributed by atoms with Gasteiger partial charge in [-0.3, -0.25) is 0 Å². The van der Waals surface area contributed by atoms with Crippen molar-refractivity contribution in [2.24, 2.45) is 0 Å². The lowest BCUT2D eigenvalue weighted by molar-refractivity contribution is 0.672. The molecule has 0 amide bonds. The van der Waals surface area contributed by atoms with Gasteiger partial charge in [0.2, 0.25) is 0 Å². The quantitative estimate of drug-likeness (QED) is 0.192. The van der Waals surface area contributed by atoms with Gasteiger partial charge in [-0.1, -0.05) is 139 Å². The van der Waals surface area contributed by atoms with E-state index < -0.39 is 212 Å². The number of hydrogen-bond donors (Lipinski definition) is 0. The molecule has 0 spiro atoms. The first-order valence-corrected chi connectivity index (χ1v) is 12.7. The number of rotatable bonds is 3. The van der Waals surface area contributed by atoms with Crippen molar-refractivity contribution in [1.29, 1.82) is 0 Å². The van der Waals surface area contributed by atoms with Crippen molar-refractivity contribution in [3.05, 3.63) is 157 Å². The maximum absolute atomic E-state index is 9.49. The third-order valence-electron chi connectivity index (χ3n) is 7.02. The molecule has 0 saturated heterocycles. The van der Waals surface area contributed by atoms with Gasteiger partial charge in [0, 0.05) is 16.2 Å². The van der Waals surface area contributed by atoms with Gasteiger partial charge in [-0.2, -0.15) is 0 Å². The average molecular weight is 572 g/mol. The topological polar surface area (TPSA) is 13.1 Å². The van der Waals surface area contributed by atoms with E-state index in [-0.39, 0.29) is 27.1 Å². The van der Waals surface area contributed by atoms with Crippen LogP contribution in [0, 0.1) is 0 Å². The molecule has 0 bridgehead atoms. The van der Waals surface area contributed by atoms with Crippen LogP contribution in [0.4, 0.5) is 0 Å². The molecule has 9 aromatic rings.